The normalized spacial score (nSPS) is 20.3. The molecule has 1 aliphatic heterocycles. The molecule has 3 aromatic rings. The molecule has 1 saturated heterocycles. The van der Waals surface area contributed by atoms with Gasteiger partial charge in [-0.3, -0.25) is 9.88 Å². The number of hydrogen-bond acceptors (Lipinski definition) is 4. The third-order valence-corrected chi connectivity index (χ3v) is 7.37. The SMILES string of the molecule is c1cncc(CN(Cc2cccc(-n3cccn3)c2)CC2CCCN(C3CCCCC3)C2)c1. The van der Waals surface area contributed by atoms with E-state index >= 15 is 0 Å². The van der Waals surface area contributed by atoms with Gasteiger partial charge in [-0.25, -0.2) is 4.68 Å². The third-order valence-electron chi connectivity index (χ3n) is 7.37. The Balaban J connectivity index is 1.29. The number of aromatic nitrogens is 3. The zero-order valence-electron chi connectivity index (χ0n) is 19.7. The summed E-state index contributed by atoms with van der Waals surface area (Å²) >= 11 is 0. The average molecular weight is 444 g/mol. The molecule has 33 heavy (non-hydrogen) atoms. The van der Waals surface area contributed by atoms with E-state index in [9.17, 15) is 0 Å². The molecule has 0 spiro atoms. The Bertz CT molecular complexity index is 965. The Morgan fingerprint density at radius 1 is 0.879 bits per heavy atom. The lowest BCUT2D eigenvalue weighted by Crippen LogP contribution is -2.46. The number of nitrogens with zero attached hydrogens (tertiary/aromatic N) is 5. The van der Waals surface area contributed by atoms with E-state index in [1.165, 1.54) is 69.2 Å². The summed E-state index contributed by atoms with van der Waals surface area (Å²) in [4.78, 5) is 9.83. The minimum Gasteiger partial charge on any atom is -0.300 e. The van der Waals surface area contributed by atoms with Crippen LogP contribution in [-0.4, -0.2) is 50.2 Å². The van der Waals surface area contributed by atoms with Gasteiger partial charge in [0.25, 0.3) is 0 Å². The van der Waals surface area contributed by atoms with E-state index in [-0.39, 0.29) is 0 Å². The van der Waals surface area contributed by atoms with Crippen molar-refractivity contribution in [2.75, 3.05) is 19.6 Å². The first-order valence-electron chi connectivity index (χ1n) is 12.8. The average Bonchev–Trinajstić information content (AvgIpc) is 3.41. The highest BCUT2D eigenvalue weighted by molar-refractivity contribution is 5.35. The number of piperidine rings is 1. The quantitative estimate of drug-likeness (QED) is 0.473. The van der Waals surface area contributed by atoms with Crippen LogP contribution in [0.4, 0.5) is 0 Å². The number of hydrogen-bond donors (Lipinski definition) is 0. The zero-order chi connectivity index (χ0) is 22.3. The van der Waals surface area contributed by atoms with Crippen LogP contribution in [0.25, 0.3) is 5.69 Å². The first kappa shape index (κ1) is 22.3. The highest BCUT2D eigenvalue weighted by atomic mass is 15.3. The fourth-order valence-electron chi connectivity index (χ4n) is 5.80. The van der Waals surface area contributed by atoms with Crippen LogP contribution in [0.3, 0.4) is 0 Å². The highest BCUT2D eigenvalue weighted by Crippen LogP contribution is 2.28. The van der Waals surface area contributed by atoms with Crippen LogP contribution in [0, 0.1) is 5.92 Å². The third kappa shape index (κ3) is 6.10. The molecule has 3 heterocycles. The van der Waals surface area contributed by atoms with E-state index < -0.39 is 0 Å². The van der Waals surface area contributed by atoms with Crippen LogP contribution >= 0.6 is 0 Å². The first-order chi connectivity index (χ1) is 16.3. The molecule has 0 amide bonds. The lowest BCUT2D eigenvalue weighted by atomic mass is 9.90. The van der Waals surface area contributed by atoms with Crippen LogP contribution in [0.2, 0.25) is 0 Å². The van der Waals surface area contributed by atoms with Gasteiger partial charge >= 0.3 is 0 Å². The van der Waals surface area contributed by atoms with Gasteiger partial charge in [-0.2, -0.15) is 5.10 Å². The minimum atomic E-state index is 0.742. The second-order valence-corrected chi connectivity index (χ2v) is 9.95. The van der Waals surface area contributed by atoms with Gasteiger partial charge in [0.2, 0.25) is 0 Å². The Hall–Kier alpha value is -2.50. The van der Waals surface area contributed by atoms with Crippen molar-refractivity contribution in [1.82, 2.24) is 24.6 Å². The zero-order valence-corrected chi connectivity index (χ0v) is 19.7. The lowest BCUT2D eigenvalue weighted by molar-refractivity contribution is 0.0771. The van der Waals surface area contributed by atoms with Crippen LogP contribution in [0.15, 0.2) is 67.3 Å². The smallest absolute Gasteiger partial charge is 0.0648 e. The Morgan fingerprint density at radius 3 is 2.58 bits per heavy atom. The summed E-state index contributed by atoms with van der Waals surface area (Å²) in [5.41, 5.74) is 3.76. The standard InChI is InChI=1S/C28H37N5/c1-2-11-27(12-3-1)32-16-6-10-26(23-32)22-31(21-25-9-5-14-29-19-25)20-24-8-4-13-28(18-24)33-17-7-15-30-33/h4-5,7-9,13-15,17-19,26-27H,1-3,6,10-12,16,20-23H2. The maximum atomic E-state index is 4.41. The maximum absolute atomic E-state index is 4.41. The molecule has 5 rings (SSSR count). The largest absolute Gasteiger partial charge is 0.300 e. The van der Waals surface area contributed by atoms with Crippen molar-refractivity contribution in [3.05, 3.63) is 78.4 Å². The summed E-state index contributed by atoms with van der Waals surface area (Å²) in [5, 5.41) is 4.41. The van der Waals surface area contributed by atoms with Crippen LogP contribution in [-0.2, 0) is 13.1 Å². The van der Waals surface area contributed by atoms with Gasteiger partial charge in [0.1, 0.15) is 0 Å². The second-order valence-electron chi connectivity index (χ2n) is 9.95. The van der Waals surface area contributed by atoms with E-state index in [2.05, 4.69) is 56.3 Å². The van der Waals surface area contributed by atoms with Crippen molar-refractivity contribution in [3.8, 4) is 5.69 Å². The summed E-state index contributed by atoms with van der Waals surface area (Å²) in [7, 11) is 0. The molecule has 174 valence electrons. The monoisotopic (exact) mass is 443 g/mol. The molecule has 1 saturated carbocycles. The number of benzene rings is 1. The van der Waals surface area contributed by atoms with Gasteiger partial charge in [0.15, 0.2) is 0 Å². The van der Waals surface area contributed by atoms with Crippen molar-refractivity contribution >= 4 is 0 Å². The van der Waals surface area contributed by atoms with E-state index in [1.54, 1.807) is 0 Å². The molecule has 1 unspecified atom stereocenters. The van der Waals surface area contributed by atoms with Crippen LogP contribution in [0.1, 0.15) is 56.1 Å². The molecule has 0 N–H and O–H groups in total. The predicted molar refractivity (Wildman–Crippen MR) is 133 cm³/mol. The van der Waals surface area contributed by atoms with Crippen molar-refractivity contribution < 1.29 is 0 Å². The molecule has 1 aliphatic carbocycles. The van der Waals surface area contributed by atoms with Crippen molar-refractivity contribution in [2.45, 2.75) is 64.1 Å². The summed E-state index contributed by atoms with van der Waals surface area (Å²) < 4.78 is 1.94. The number of pyridine rings is 1. The molecule has 2 fully saturated rings. The Labute approximate surface area is 198 Å². The molecule has 1 aromatic carbocycles. The topological polar surface area (TPSA) is 37.2 Å². The molecular formula is C28H37N5. The second kappa shape index (κ2) is 11.1. The number of rotatable bonds is 8. The molecule has 5 heteroatoms. The molecule has 0 radical (unpaired) electrons. The van der Waals surface area contributed by atoms with Crippen molar-refractivity contribution in [3.63, 3.8) is 0 Å². The first-order valence-corrected chi connectivity index (χ1v) is 12.8. The van der Waals surface area contributed by atoms with E-state index in [0.717, 1.165) is 37.3 Å². The van der Waals surface area contributed by atoms with Gasteiger partial charge in [0, 0.05) is 57.0 Å². The summed E-state index contributed by atoms with van der Waals surface area (Å²) in [6.45, 7) is 5.60. The fraction of sp³-hybridized carbons (Fsp3) is 0.500. The van der Waals surface area contributed by atoms with E-state index in [1.807, 2.05) is 35.5 Å². The van der Waals surface area contributed by atoms with Crippen LogP contribution in [0.5, 0.6) is 0 Å². The summed E-state index contributed by atoms with van der Waals surface area (Å²) in [6.07, 6.45) is 17.5. The van der Waals surface area contributed by atoms with Gasteiger partial charge in [-0.15, -0.1) is 0 Å². The molecule has 1 atom stereocenters. The Morgan fingerprint density at radius 2 is 1.76 bits per heavy atom. The van der Waals surface area contributed by atoms with Crippen LogP contribution < -0.4 is 0 Å². The van der Waals surface area contributed by atoms with Gasteiger partial charge < -0.3 is 4.90 Å². The van der Waals surface area contributed by atoms with Crippen molar-refractivity contribution in [2.24, 2.45) is 5.92 Å². The molecular weight excluding hydrogens is 406 g/mol. The van der Waals surface area contributed by atoms with Gasteiger partial charge in [0.05, 0.1) is 5.69 Å². The summed E-state index contributed by atoms with van der Waals surface area (Å²) in [5.74, 6) is 0.742. The fourth-order valence-corrected chi connectivity index (χ4v) is 5.80. The van der Waals surface area contributed by atoms with Gasteiger partial charge in [-0.05, 0) is 73.5 Å². The van der Waals surface area contributed by atoms with E-state index in [4.69, 9.17) is 0 Å². The number of likely N-dealkylation sites (tertiary alicyclic amines) is 1. The predicted octanol–water partition coefficient (Wildman–Crippen LogP) is 5.31. The molecule has 0 bridgehead atoms. The Kier molecular flexibility index (Phi) is 7.49. The molecule has 5 nitrogen and oxygen atoms in total. The summed E-state index contributed by atoms with van der Waals surface area (Å²) in [6, 6.07) is 15.9. The maximum Gasteiger partial charge on any atom is 0.0648 e. The highest BCUT2D eigenvalue weighted by Gasteiger charge is 2.28. The van der Waals surface area contributed by atoms with Gasteiger partial charge in [-0.1, -0.05) is 37.5 Å². The molecule has 2 aromatic heterocycles. The minimum absolute atomic E-state index is 0.742. The van der Waals surface area contributed by atoms with E-state index in [0.29, 0.717) is 0 Å². The lowest BCUT2D eigenvalue weighted by Gasteiger charge is -2.41. The molecule has 2 aliphatic rings. The van der Waals surface area contributed by atoms with Crippen molar-refractivity contribution in [1.29, 1.82) is 0 Å².